The summed E-state index contributed by atoms with van der Waals surface area (Å²) >= 11 is 0. The van der Waals surface area contributed by atoms with Gasteiger partial charge in [0.1, 0.15) is 0 Å². The van der Waals surface area contributed by atoms with Gasteiger partial charge in [-0.05, 0) is 13.0 Å². The predicted molar refractivity (Wildman–Crippen MR) is 50.6 cm³/mol. The van der Waals surface area contributed by atoms with Crippen molar-refractivity contribution in [1.29, 1.82) is 0 Å². The van der Waals surface area contributed by atoms with E-state index in [0.29, 0.717) is 12.5 Å². The molecule has 0 saturated heterocycles. The van der Waals surface area contributed by atoms with E-state index in [2.05, 4.69) is 20.4 Å². The van der Waals surface area contributed by atoms with Gasteiger partial charge in [0.2, 0.25) is 5.95 Å². The van der Waals surface area contributed by atoms with Crippen molar-refractivity contribution in [1.82, 2.24) is 15.1 Å². The van der Waals surface area contributed by atoms with Crippen LogP contribution in [0, 0.1) is 6.92 Å². The minimum Gasteiger partial charge on any atom is -0.359 e. The number of anilines is 1. The number of aromatic nitrogens is 3. The minimum absolute atomic E-state index is 0.546. The highest BCUT2D eigenvalue weighted by Gasteiger charge is 2.00. The summed E-state index contributed by atoms with van der Waals surface area (Å²) in [5, 5.41) is 6.79. The number of nitrogens with one attached hydrogen (secondary N) is 1. The van der Waals surface area contributed by atoms with Gasteiger partial charge in [-0.15, -0.1) is 0 Å². The summed E-state index contributed by atoms with van der Waals surface area (Å²) in [7, 11) is 0. The first-order valence-electron chi connectivity index (χ1n) is 4.28. The Kier molecular flexibility index (Phi) is 2.40. The third-order valence-corrected chi connectivity index (χ3v) is 1.66. The van der Waals surface area contributed by atoms with E-state index in [-0.39, 0.29) is 0 Å². The van der Waals surface area contributed by atoms with Gasteiger partial charge in [0.25, 0.3) is 0 Å². The van der Waals surface area contributed by atoms with Gasteiger partial charge < -0.3 is 9.84 Å². The fraction of sp³-hybridized carbons (Fsp3) is 0.222. The van der Waals surface area contributed by atoms with E-state index in [4.69, 9.17) is 4.52 Å². The number of hydrogen-bond donors (Lipinski definition) is 1. The molecule has 0 radical (unpaired) electrons. The van der Waals surface area contributed by atoms with Crippen LogP contribution in [0.15, 0.2) is 29.0 Å². The van der Waals surface area contributed by atoms with Crippen LogP contribution in [0.3, 0.4) is 0 Å². The molecule has 14 heavy (non-hydrogen) atoms. The van der Waals surface area contributed by atoms with Crippen molar-refractivity contribution in [2.24, 2.45) is 0 Å². The molecule has 0 atom stereocenters. The van der Waals surface area contributed by atoms with Gasteiger partial charge in [-0.1, -0.05) is 5.16 Å². The third kappa shape index (κ3) is 2.07. The summed E-state index contributed by atoms with van der Waals surface area (Å²) in [5.41, 5.74) is 0.871. The molecule has 0 spiro atoms. The lowest BCUT2D eigenvalue weighted by Crippen LogP contribution is -2.01. The second kappa shape index (κ2) is 3.87. The zero-order valence-electron chi connectivity index (χ0n) is 7.77. The maximum Gasteiger partial charge on any atom is 0.222 e. The van der Waals surface area contributed by atoms with Crippen LogP contribution in [0.1, 0.15) is 11.5 Å². The predicted octanol–water partition coefficient (Wildman–Crippen LogP) is 1.39. The van der Waals surface area contributed by atoms with Gasteiger partial charge in [-0.25, -0.2) is 9.97 Å². The number of aryl methyl sites for hydroxylation is 1. The third-order valence-electron chi connectivity index (χ3n) is 1.66. The van der Waals surface area contributed by atoms with Crippen molar-refractivity contribution in [3.63, 3.8) is 0 Å². The molecule has 2 heterocycles. The Morgan fingerprint density at radius 2 is 2.14 bits per heavy atom. The summed E-state index contributed by atoms with van der Waals surface area (Å²) in [6.45, 7) is 2.43. The highest BCUT2D eigenvalue weighted by atomic mass is 16.5. The van der Waals surface area contributed by atoms with Crippen LogP contribution >= 0.6 is 0 Å². The first-order valence-corrected chi connectivity index (χ1v) is 4.28. The molecule has 0 aliphatic rings. The first kappa shape index (κ1) is 8.68. The Hall–Kier alpha value is -1.91. The Morgan fingerprint density at radius 3 is 2.79 bits per heavy atom. The molecule has 0 bridgehead atoms. The Morgan fingerprint density at radius 1 is 1.36 bits per heavy atom. The average Bonchev–Trinajstić information content (AvgIpc) is 2.63. The van der Waals surface area contributed by atoms with Crippen molar-refractivity contribution in [3.05, 3.63) is 36.0 Å². The maximum atomic E-state index is 5.02. The van der Waals surface area contributed by atoms with Crippen LogP contribution in [0.2, 0.25) is 0 Å². The minimum atomic E-state index is 0.546. The lowest BCUT2D eigenvalue weighted by molar-refractivity contribution is 0.384. The maximum absolute atomic E-state index is 5.02. The molecule has 0 aliphatic heterocycles. The second-order valence-corrected chi connectivity index (χ2v) is 2.86. The smallest absolute Gasteiger partial charge is 0.222 e. The van der Waals surface area contributed by atoms with Crippen molar-refractivity contribution >= 4 is 5.95 Å². The molecule has 0 saturated carbocycles. The molecule has 2 aromatic heterocycles. The lowest BCUT2D eigenvalue weighted by Gasteiger charge is -1.99. The van der Waals surface area contributed by atoms with E-state index < -0.39 is 0 Å². The van der Waals surface area contributed by atoms with Crippen LogP contribution in [-0.2, 0) is 6.54 Å². The van der Waals surface area contributed by atoms with Crippen molar-refractivity contribution in [2.75, 3.05) is 5.32 Å². The Bertz CT molecular complexity index is 398. The van der Waals surface area contributed by atoms with Gasteiger partial charge in [0.15, 0.2) is 5.76 Å². The van der Waals surface area contributed by atoms with E-state index in [1.807, 2.05) is 13.0 Å². The monoisotopic (exact) mass is 190 g/mol. The van der Waals surface area contributed by atoms with E-state index in [1.165, 1.54) is 0 Å². The molecule has 0 fully saturated rings. The number of hydrogen-bond acceptors (Lipinski definition) is 5. The Balaban J connectivity index is 1.95. The number of nitrogens with zero attached hydrogens (tertiary/aromatic N) is 3. The summed E-state index contributed by atoms with van der Waals surface area (Å²) in [4.78, 5) is 8.03. The lowest BCUT2D eigenvalue weighted by atomic mass is 10.4. The summed E-state index contributed by atoms with van der Waals surface area (Å²) < 4.78 is 5.02. The standard InChI is InChI=1S/C9H10N4O/c1-7-5-8(14-13-7)6-12-9-10-3-2-4-11-9/h2-5H,6H2,1H3,(H,10,11,12). The van der Waals surface area contributed by atoms with Crippen LogP contribution < -0.4 is 5.32 Å². The molecule has 1 N–H and O–H groups in total. The molecule has 0 aromatic carbocycles. The van der Waals surface area contributed by atoms with Gasteiger partial charge in [-0.3, -0.25) is 0 Å². The molecule has 0 amide bonds. The molecular weight excluding hydrogens is 180 g/mol. The zero-order chi connectivity index (χ0) is 9.80. The SMILES string of the molecule is Cc1cc(CNc2ncccn2)on1. The van der Waals surface area contributed by atoms with Gasteiger partial charge in [-0.2, -0.15) is 0 Å². The average molecular weight is 190 g/mol. The van der Waals surface area contributed by atoms with Crippen LogP contribution in [-0.4, -0.2) is 15.1 Å². The first-order chi connectivity index (χ1) is 6.84. The quantitative estimate of drug-likeness (QED) is 0.792. The molecule has 5 nitrogen and oxygen atoms in total. The van der Waals surface area contributed by atoms with E-state index in [0.717, 1.165) is 11.5 Å². The number of rotatable bonds is 3. The summed E-state index contributed by atoms with van der Waals surface area (Å²) in [5.74, 6) is 1.36. The fourth-order valence-electron chi connectivity index (χ4n) is 1.06. The van der Waals surface area contributed by atoms with Crippen LogP contribution in [0.25, 0.3) is 0 Å². The summed E-state index contributed by atoms with van der Waals surface area (Å²) in [6, 6.07) is 3.64. The molecule has 2 rings (SSSR count). The van der Waals surface area contributed by atoms with E-state index in [9.17, 15) is 0 Å². The van der Waals surface area contributed by atoms with Gasteiger partial charge in [0.05, 0.1) is 12.2 Å². The van der Waals surface area contributed by atoms with Crippen molar-refractivity contribution < 1.29 is 4.52 Å². The normalized spacial score (nSPS) is 10.1. The second-order valence-electron chi connectivity index (χ2n) is 2.86. The molecular formula is C9H10N4O. The van der Waals surface area contributed by atoms with Crippen LogP contribution in [0.4, 0.5) is 5.95 Å². The topological polar surface area (TPSA) is 63.8 Å². The van der Waals surface area contributed by atoms with Gasteiger partial charge in [0, 0.05) is 18.5 Å². The molecule has 5 heteroatoms. The summed E-state index contributed by atoms with van der Waals surface area (Å²) in [6.07, 6.45) is 3.36. The molecule has 72 valence electrons. The fourth-order valence-corrected chi connectivity index (χ4v) is 1.06. The van der Waals surface area contributed by atoms with Gasteiger partial charge >= 0.3 is 0 Å². The van der Waals surface area contributed by atoms with Crippen molar-refractivity contribution in [2.45, 2.75) is 13.5 Å². The molecule has 2 aromatic rings. The van der Waals surface area contributed by atoms with E-state index >= 15 is 0 Å². The highest BCUT2D eigenvalue weighted by Crippen LogP contribution is 2.04. The molecule has 0 unspecified atom stereocenters. The van der Waals surface area contributed by atoms with Crippen LogP contribution in [0.5, 0.6) is 0 Å². The van der Waals surface area contributed by atoms with E-state index in [1.54, 1.807) is 18.5 Å². The highest BCUT2D eigenvalue weighted by molar-refractivity contribution is 5.23. The largest absolute Gasteiger partial charge is 0.359 e. The van der Waals surface area contributed by atoms with Crippen molar-refractivity contribution in [3.8, 4) is 0 Å². The molecule has 0 aliphatic carbocycles. The zero-order valence-corrected chi connectivity index (χ0v) is 7.77. The Labute approximate surface area is 81.2 Å².